The van der Waals surface area contributed by atoms with E-state index < -0.39 is 5.97 Å². The molecule has 0 fully saturated rings. The number of nitrogens with one attached hydrogen (secondary N) is 1. The third-order valence-corrected chi connectivity index (χ3v) is 3.16. The molecule has 0 aliphatic carbocycles. The van der Waals surface area contributed by atoms with Crippen LogP contribution in [0.5, 0.6) is 0 Å². The summed E-state index contributed by atoms with van der Waals surface area (Å²) in [5.74, 6) is -0.519. The monoisotopic (exact) mass is 294 g/mol. The number of furan rings is 1. The highest BCUT2D eigenvalue weighted by molar-refractivity contribution is 5.89. The lowest BCUT2D eigenvalue weighted by molar-refractivity contribution is 0.0691. The van der Waals surface area contributed by atoms with E-state index in [2.05, 4.69) is 9.97 Å². The number of hydrogen-bond acceptors (Lipinski definition) is 5. The number of nitrogen functional groups attached to an aromatic ring is 1. The lowest BCUT2D eigenvalue weighted by atomic mass is 10.0. The quantitative estimate of drug-likeness (QED) is 0.680. The van der Waals surface area contributed by atoms with Crippen molar-refractivity contribution in [1.29, 1.82) is 5.26 Å². The highest BCUT2D eigenvalue weighted by atomic mass is 16.4. The maximum atomic E-state index is 11.0. The summed E-state index contributed by atoms with van der Waals surface area (Å²) in [5.41, 5.74) is 7.55. The van der Waals surface area contributed by atoms with E-state index in [9.17, 15) is 10.1 Å². The number of aromatic carboxylic acids is 1. The molecule has 0 aliphatic rings. The van der Waals surface area contributed by atoms with Gasteiger partial charge in [0.2, 0.25) is 0 Å². The first-order chi connectivity index (χ1) is 10.6. The largest absolute Gasteiger partial charge is 0.477 e. The van der Waals surface area contributed by atoms with Crippen molar-refractivity contribution in [3.8, 4) is 28.7 Å². The Morgan fingerprint density at radius 2 is 2.27 bits per heavy atom. The number of carboxylic acids is 1. The molecule has 3 heterocycles. The SMILES string of the molecule is N#Cc1c(-c2c[nH]c(C(=O)O)c2)cc(-c2ccco2)nc1N. The fourth-order valence-electron chi connectivity index (χ4n) is 2.13. The second kappa shape index (κ2) is 5.10. The number of carboxylic acid groups (broad SMARTS) is 1. The van der Waals surface area contributed by atoms with Crippen LogP contribution in [0.1, 0.15) is 16.1 Å². The Morgan fingerprint density at radius 3 is 2.86 bits per heavy atom. The second-order valence-corrected chi connectivity index (χ2v) is 4.51. The molecule has 0 aromatic carbocycles. The standard InChI is InChI=1S/C15H10N4O3/c16-6-10-9(8-4-12(15(20)21)18-7-8)5-11(19-14(10)17)13-2-1-3-22-13/h1-5,7,18H,(H2,17,19)(H,20,21). The first kappa shape index (κ1) is 13.5. The van der Waals surface area contributed by atoms with E-state index >= 15 is 0 Å². The molecule has 0 unspecified atom stereocenters. The van der Waals surface area contributed by atoms with Crippen molar-refractivity contribution >= 4 is 11.8 Å². The number of anilines is 1. The van der Waals surface area contributed by atoms with E-state index in [4.69, 9.17) is 15.3 Å². The number of pyridine rings is 1. The minimum Gasteiger partial charge on any atom is -0.477 e. The summed E-state index contributed by atoms with van der Waals surface area (Å²) < 4.78 is 5.28. The maximum Gasteiger partial charge on any atom is 0.352 e. The predicted octanol–water partition coefficient (Wildman–Crippen LogP) is 2.49. The van der Waals surface area contributed by atoms with Gasteiger partial charge < -0.3 is 20.2 Å². The normalized spacial score (nSPS) is 10.3. The van der Waals surface area contributed by atoms with Crippen LogP contribution < -0.4 is 5.73 Å². The number of nitrogens with two attached hydrogens (primary N) is 1. The number of H-pyrrole nitrogens is 1. The number of nitriles is 1. The van der Waals surface area contributed by atoms with E-state index in [1.54, 1.807) is 18.2 Å². The Labute approximate surface area is 124 Å². The number of aromatic amines is 1. The van der Waals surface area contributed by atoms with Gasteiger partial charge in [-0.05, 0) is 24.3 Å². The molecule has 0 saturated heterocycles. The topological polar surface area (TPSA) is 129 Å². The average Bonchev–Trinajstić information content (AvgIpc) is 3.18. The second-order valence-electron chi connectivity index (χ2n) is 4.51. The lowest BCUT2D eigenvalue weighted by Gasteiger charge is -2.07. The Bertz CT molecular complexity index is 888. The summed E-state index contributed by atoms with van der Waals surface area (Å²) in [6.45, 7) is 0. The first-order valence-electron chi connectivity index (χ1n) is 6.26. The van der Waals surface area contributed by atoms with Crippen LogP contribution >= 0.6 is 0 Å². The molecule has 4 N–H and O–H groups in total. The van der Waals surface area contributed by atoms with Crippen LogP contribution in [0.15, 0.2) is 41.1 Å². The third kappa shape index (κ3) is 2.19. The molecule has 0 spiro atoms. The van der Waals surface area contributed by atoms with Gasteiger partial charge in [0.25, 0.3) is 0 Å². The third-order valence-electron chi connectivity index (χ3n) is 3.16. The van der Waals surface area contributed by atoms with E-state index in [0.717, 1.165) is 0 Å². The van der Waals surface area contributed by atoms with E-state index in [-0.39, 0.29) is 17.1 Å². The van der Waals surface area contributed by atoms with Gasteiger partial charge in [0.1, 0.15) is 28.8 Å². The summed E-state index contributed by atoms with van der Waals surface area (Å²) in [6, 6.07) is 8.50. The average molecular weight is 294 g/mol. The molecule has 7 nitrogen and oxygen atoms in total. The summed E-state index contributed by atoms with van der Waals surface area (Å²) >= 11 is 0. The van der Waals surface area contributed by atoms with Crippen molar-refractivity contribution in [2.75, 3.05) is 5.73 Å². The maximum absolute atomic E-state index is 11.0. The first-order valence-corrected chi connectivity index (χ1v) is 6.26. The van der Waals surface area contributed by atoms with Crippen LogP contribution in [-0.4, -0.2) is 21.0 Å². The van der Waals surface area contributed by atoms with Gasteiger partial charge in [0, 0.05) is 17.3 Å². The summed E-state index contributed by atoms with van der Waals surface area (Å²) in [5, 5.41) is 18.3. The van der Waals surface area contributed by atoms with Crippen molar-refractivity contribution in [2.24, 2.45) is 0 Å². The van der Waals surface area contributed by atoms with Crippen LogP contribution in [0.2, 0.25) is 0 Å². The van der Waals surface area contributed by atoms with E-state index in [1.807, 2.05) is 6.07 Å². The van der Waals surface area contributed by atoms with Gasteiger partial charge in [-0.3, -0.25) is 0 Å². The molecular formula is C15H10N4O3. The van der Waals surface area contributed by atoms with Crippen molar-refractivity contribution in [2.45, 2.75) is 0 Å². The van der Waals surface area contributed by atoms with Gasteiger partial charge in [-0.2, -0.15) is 5.26 Å². The molecule has 0 aliphatic heterocycles. The molecule has 108 valence electrons. The lowest BCUT2D eigenvalue weighted by Crippen LogP contribution is -1.99. The van der Waals surface area contributed by atoms with Gasteiger partial charge in [-0.1, -0.05) is 0 Å². The smallest absolute Gasteiger partial charge is 0.352 e. The molecule has 0 saturated carbocycles. The zero-order valence-corrected chi connectivity index (χ0v) is 11.2. The molecule has 3 rings (SSSR count). The molecule has 22 heavy (non-hydrogen) atoms. The molecule has 3 aromatic heterocycles. The number of rotatable bonds is 3. The van der Waals surface area contributed by atoms with Crippen LogP contribution in [0.25, 0.3) is 22.6 Å². The molecular weight excluding hydrogens is 284 g/mol. The van der Waals surface area contributed by atoms with Crippen molar-refractivity contribution in [1.82, 2.24) is 9.97 Å². The van der Waals surface area contributed by atoms with Crippen LogP contribution in [-0.2, 0) is 0 Å². The summed E-state index contributed by atoms with van der Waals surface area (Å²) in [4.78, 5) is 17.8. The Morgan fingerprint density at radius 1 is 1.45 bits per heavy atom. The zero-order chi connectivity index (χ0) is 15.7. The Kier molecular flexibility index (Phi) is 3.12. The van der Waals surface area contributed by atoms with Crippen molar-refractivity contribution < 1.29 is 14.3 Å². The fraction of sp³-hybridized carbons (Fsp3) is 0. The molecule has 0 radical (unpaired) electrons. The zero-order valence-electron chi connectivity index (χ0n) is 11.2. The Hall–Kier alpha value is -3.53. The van der Waals surface area contributed by atoms with Crippen LogP contribution in [0.3, 0.4) is 0 Å². The molecule has 7 heteroatoms. The minimum atomic E-state index is -1.09. The van der Waals surface area contributed by atoms with Gasteiger partial charge in [0.05, 0.1) is 6.26 Å². The van der Waals surface area contributed by atoms with Crippen LogP contribution in [0.4, 0.5) is 5.82 Å². The van der Waals surface area contributed by atoms with Gasteiger partial charge in [-0.15, -0.1) is 0 Å². The summed E-state index contributed by atoms with van der Waals surface area (Å²) in [6.07, 6.45) is 3.01. The van der Waals surface area contributed by atoms with Crippen LogP contribution in [0, 0.1) is 11.3 Å². The van der Waals surface area contributed by atoms with Gasteiger partial charge in [-0.25, -0.2) is 9.78 Å². The number of carbonyl (C=O) groups is 1. The molecule has 3 aromatic rings. The molecule has 0 amide bonds. The molecule has 0 atom stereocenters. The van der Waals surface area contributed by atoms with Crippen molar-refractivity contribution in [3.05, 3.63) is 48.0 Å². The summed E-state index contributed by atoms with van der Waals surface area (Å²) in [7, 11) is 0. The fourth-order valence-corrected chi connectivity index (χ4v) is 2.13. The number of hydrogen-bond donors (Lipinski definition) is 3. The van der Waals surface area contributed by atoms with Crippen molar-refractivity contribution in [3.63, 3.8) is 0 Å². The van der Waals surface area contributed by atoms with Gasteiger partial charge in [0.15, 0.2) is 5.76 Å². The highest BCUT2D eigenvalue weighted by Crippen LogP contribution is 2.31. The molecule has 0 bridgehead atoms. The number of aromatic nitrogens is 2. The highest BCUT2D eigenvalue weighted by Gasteiger charge is 2.16. The Balaban J connectivity index is 2.20. The predicted molar refractivity (Wildman–Crippen MR) is 77.8 cm³/mol. The minimum absolute atomic E-state index is 0.0221. The van der Waals surface area contributed by atoms with Gasteiger partial charge >= 0.3 is 5.97 Å². The van der Waals surface area contributed by atoms with E-state index in [0.29, 0.717) is 22.6 Å². The van der Waals surface area contributed by atoms with E-state index in [1.165, 1.54) is 18.5 Å². The number of nitrogens with zero attached hydrogens (tertiary/aromatic N) is 2.